The van der Waals surface area contributed by atoms with Crippen LogP contribution in [0.1, 0.15) is 5.56 Å². The van der Waals surface area contributed by atoms with Crippen LogP contribution >= 0.6 is 35.3 Å². The van der Waals surface area contributed by atoms with Crippen molar-refractivity contribution in [1.29, 1.82) is 0 Å². The maximum Gasteiger partial charge on any atom is 0.250 e. The maximum absolute atomic E-state index is 12.0. The fourth-order valence-electron chi connectivity index (χ4n) is 2.30. The number of methoxy groups -OCH3 is 1. The minimum absolute atomic E-state index is 0. The van der Waals surface area contributed by atoms with E-state index < -0.39 is 10.0 Å². The molecule has 0 bridgehead atoms. The quantitative estimate of drug-likeness (QED) is 0.202. The second-order valence-electron chi connectivity index (χ2n) is 5.32. The van der Waals surface area contributed by atoms with E-state index in [0.717, 1.165) is 17.7 Å². The number of guanidine groups is 1. The Morgan fingerprint density at radius 3 is 2.52 bits per heavy atom. The molecule has 0 saturated carbocycles. The molecule has 7 nitrogen and oxygen atoms in total. The van der Waals surface area contributed by atoms with Crippen LogP contribution in [-0.2, 0) is 16.4 Å². The van der Waals surface area contributed by atoms with Gasteiger partial charge in [0.25, 0.3) is 0 Å². The molecule has 27 heavy (non-hydrogen) atoms. The predicted molar refractivity (Wildman–Crippen MR) is 121 cm³/mol. The first-order valence-electron chi connectivity index (χ1n) is 8.16. The highest BCUT2D eigenvalue weighted by Gasteiger charge is 2.13. The lowest BCUT2D eigenvalue weighted by atomic mass is 10.1. The van der Waals surface area contributed by atoms with Gasteiger partial charge in [-0.2, -0.15) is 0 Å². The Morgan fingerprint density at radius 1 is 1.11 bits per heavy atom. The largest absolute Gasteiger partial charge is 0.496 e. The van der Waals surface area contributed by atoms with E-state index >= 15 is 0 Å². The van der Waals surface area contributed by atoms with Gasteiger partial charge in [-0.15, -0.1) is 35.3 Å². The van der Waals surface area contributed by atoms with E-state index in [0.29, 0.717) is 23.3 Å². The molecule has 0 atom stereocenters. The summed E-state index contributed by atoms with van der Waals surface area (Å²) < 4.78 is 32.2. The standard InChI is InChI=1S/C17H24N4O3S2.HI/c1-18-17(19-10-9-14-6-3-4-7-15(14)24-2)20-11-12-21-26(22,23)16-8-5-13-25-16;/h3-8,13,21H,9-12H2,1-2H3,(H2,18,19,20);1H. The Bertz CT molecular complexity index is 811. The number of nitrogens with zero attached hydrogens (tertiary/aromatic N) is 1. The molecule has 0 radical (unpaired) electrons. The Hall–Kier alpha value is -1.37. The molecule has 1 aromatic carbocycles. The molecule has 150 valence electrons. The van der Waals surface area contributed by atoms with Crippen LogP contribution in [0.5, 0.6) is 5.75 Å². The van der Waals surface area contributed by atoms with E-state index in [1.54, 1.807) is 31.7 Å². The summed E-state index contributed by atoms with van der Waals surface area (Å²) in [7, 11) is -0.0964. The molecule has 3 N–H and O–H groups in total. The fraction of sp³-hybridized carbons (Fsp3) is 0.353. The molecule has 2 aromatic rings. The average Bonchev–Trinajstić information content (AvgIpc) is 3.19. The molecule has 0 amide bonds. The van der Waals surface area contributed by atoms with Crippen LogP contribution < -0.4 is 20.1 Å². The van der Waals surface area contributed by atoms with Crippen LogP contribution in [0.3, 0.4) is 0 Å². The molecule has 0 saturated heterocycles. The number of sulfonamides is 1. The third-order valence-electron chi connectivity index (χ3n) is 3.57. The number of benzene rings is 1. The Morgan fingerprint density at radius 2 is 1.85 bits per heavy atom. The highest BCUT2D eigenvalue weighted by molar-refractivity contribution is 14.0. The number of hydrogen-bond acceptors (Lipinski definition) is 5. The highest BCUT2D eigenvalue weighted by atomic mass is 127. The van der Waals surface area contributed by atoms with Crippen LogP contribution in [0.25, 0.3) is 0 Å². The van der Waals surface area contributed by atoms with Crippen molar-refractivity contribution in [2.75, 3.05) is 33.8 Å². The molecule has 0 aliphatic carbocycles. The fourth-order valence-corrected chi connectivity index (χ4v) is 4.37. The first-order chi connectivity index (χ1) is 12.6. The number of para-hydroxylation sites is 1. The lowest BCUT2D eigenvalue weighted by Crippen LogP contribution is -2.42. The molecule has 1 aromatic heterocycles. The van der Waals surface area contributed by atoms with Crippen molar-refractivity contribution in [3.8, 4) is 5.75 Å². The molecule has 1 heterocycles. The van der Waals surface area contributed by atoms with E-state index in [2.05, 4.69) is 20.3 Å². The lowest BCUT2D eigenvalue weighted by molar-refractivity contribution is 0.409. The van der Waals surface area contributed by atoms with E-state index in [-0.39, 0.29) is 30.5 Å². The van der Waals surface area contributed by atoms with Crippen LogP contribution in [0.2, 0.25) is 0 Å². The molecule has 2 rings (SSSR count). The van der Waals surface area contributed by atoms with Crippen molar-refractivity contribution in [3.05, 3.63) is 47.3 Å². The molecule has 0 spiro atoms. The summed E-state index contributed by atoms with van der Waals surface area (Å²) >= 11 is 1.19. The monoisotopic (exact) mass is 524 g/mol. The zero-order valence-corrected chi connectivity index (χ0v) is 19.2. The van der Waals surface area contributed by atoms with Crippen LogP contribution in [0, 0.1) is 0 Å². The SMILES string of the molecule is CN=C(NCCNS(=O)(=O)c1cccs1)NCCc1ccccc1OC.I. The van der Waals surface area contributed by atoms with Crippen molar-refractivity contribution in [1.82, 2.24) is 15.4 Å². The number of thiophene rings is 1. The van der Waals surface area contributed by atoms with Crippen molar-refractivity contribution in [2.45, 2.75) is 10.6 Å². The van der Waals surface area contributed by atoms with Gasteiger partial charge in [-0.1, -0.05) is 24.3 Å². The first kappa shape index (κ1) is 23.7. The van der Waals surface area contributed by atoms with Gasteiger partial charge in [0, 0.05) is 26.7 Å². The third-order valence-corrected chi connectivity index (χ3v) is 6.43. The maximum atomic E-state index is 12.0. The molecule has 0 fully saturated rings. The summed E-state index contributed by atoms with van der Waals surface area (Å²) in [5, 5.41) is 8.03. The molecule has 0 unspecified atom stereocenters. The highest BCUT2D eigenvalue weighted by Crippen LogP contribution is 2.17. The number of rotatable bonds is 9. The summed E-state index contributed by atoms with van der Waals surface area (Å²) in [5.74, 6) is 1.48. The second kappa shape index (κ2) is 12.2. The van der Waals surface area contributed by atoms with Gasteiger partial charge >= 0.3 is 0 Å². The number of ether oxygens (including phenoxy) is 1. The van der Waals surface area contributed by atoms with Crippen LogP contribution in [-0.4, -0.2) is 48.2 Å². The van der Waals surface area contributed by atoms with Crippen LogP contribution in [0.4, 0.5) is 0 Å². The van der Waals surface area contributed by atoms with Gasteiger partial charge in [0.15, 0.2) is 5.96 Å². The van der Waals surface area contributed by atoms with E-state index in [1.165, 1.54) is 11.3 Å². The molecular weight excluding hydrogens is 499 g/mol. The van der Waals surface area contributed by atoms with Crippen molar-refractivity contribution >= 4 is 51.3 Å². The van der Waals surface area contributed by atoms with E-state index in [1.807, 2.05) is 24.3 Å². The molecule has 0 aliphatic heterocycles. The van der Waals surface area contributed by atoms with Gasteiger partial charge in [0.2, 0.25) is 10.0 Å². The van der Waals surface area contributed by atoms with Crippen molar-refractivity contribution in [2.24, 2.45) is 4.99 Å². The topological polar surface area (TPSA) is 91.8 Å². The van der Waals surface area contributed by atoms with Crippen LogP contribution in [0.15, 0.2) is 51.0 Å². The number of hydrogen-bond donors (Lipinski definition) is 3. The minimum atomic E-state index is -3.43. The van der Waals surface area contributed by atoms with Gasteiger partial charge < -0.3 is 15.4 Å². The Balaban J connectivity index is 0.00000364. The molecule has 10 heteroatoms. The summed E-state index contributed by atoms with van der Waals surface area (Å²) in [6, 6.07) is 11.2. The van der Waals surface area contributed by atoms with Crippen molar-refractivity contribution in [3.63, 3.8) is 0 Å². The number of nitrogens with one attached hydrogen (secondary N) is 3. The van der Waals surface area contributed by atoms with Crippen molar-refractivity contribution < 1.29 is 13.2 Å². The van der Waals surface area contributed by atoms with Gasteiger partial charge in [0.05, 0.1) is 7.11 Å². The number of halogens is 1. The summed E-state index contributed by atoms with van der Waals surface area (Å²) in [5.41, 5.74) is 1.11. The lowest BCUT2D eigenvalue weighted by Gasteiger charge is -2.13. The summed E-state index contributed by atoms with van der Waals surface area (Å²) in [6.45, 7) is 1.38. The van der Waals surface area contributed by atoms with E-state index in [9.17, 15) is 8.42 Å². The Labute approximate surface area is 181 Å². The smallest absolute Gasteiger partial charge is 0.250 e. The van der Waals surface area contributed by atoms with Gasteiger partial charge in [-0.25, -0.2) is 13.1 Å². The summed E-state index contributed by atoms with van der Waals surface area (Å²) in [6.07, 6.45) is 0.787. The predicted octanol–water partition coefficient (Wildman–Crippen LogP) is 2.06. The third kappa shape index (κ3) is 7.64. The average molecular weight is 524 g/mol. The minimum Gasteiger partial charge on any atom is -0.496 e. The first-order valence-corrected chi connectivity index (χ1v) is 10.5. The molecular formula is C17H25IN4O3S2. The number of aliphatic imine (C=N–C) groups is 1. The normalized spacial score (nSPS) is 11.6. The van der Waals surface area contributed by atoms with Gasteiger partial charge in [-0.3, -0.25) is 4.99 Å². The van der Waals surface area contributed by atoms with Gasteiger partial charge in [-0.05, 0) is 29.5 Å². The van der Waals surface area contributed by atoms with E-state index in [4.69, 9.17) is 4.74 Å². The molecule has 0 aliphatic rings. The Kier molecular flexibility index (Phi) is 10.7. The van der Waals surface area contributed by atoms with Gasteiger partial charge in [0.1, 0.15) is 9.96 Å². The second-order valence-corrected chi connectivity index (χ2v) is 8.26. The zero-order valence-electron chi connectivity index (χ0n) is 15.3. The summed E-state index contributed by atoms with van der Waals surface area (Å²) in [4.78, 5) is 4.13. The zero-order chi connectivity index (χ0) is 18.8.